The zero-order chi connectivity index (χ0) is 13.8. The van der Waals surface area contributed by atoms with Gasteiger partial charge in [-0.15, -0.1) is 0 Å². The fourth-order valence-electron chi connectivity index (χ4n) is 1.74. The quantitative estimate of drug-likeness (QED) is 0.844. The Morgan fingerprint density at radius 2 is 2.26 bits per heavy atom. The number of aromatic amines is 1. The van der Waals surface area contributed by atoms with Crippen molar-refractivity contribution in [2.75, 3.05) is 12.4 Å². The number of benzene rings is 1. The molecular formula is C13H14ClN3O2. The van der Waals surface area contributed by atoms with Crippen molar-refractivity contribution in [1.29, 1.82) is 0 Å². The van der Waals surface area contributed by atoms with Crippen molar-refractivity contribution in [3.8, 4) is 0 Å². The highest BCUT2D eigenvalue weighted by Crippen LogP contribution is 2.25. The number of aromatic nitrogens is 2. The minimum absolute atomic E-state index is 0.0376. The fourth-order valence-corrected chi connectivity index (χ4v) is 1.91. The maximum atomic E-state index is 11.7. The van der Waals surface area contributed by atoms with Gasteiger partial charge in [0.05, 0.1) is 30.1 Å². The molecule has 1 atom stereocenters. The number of ether oxygens (including phenoxy) is 1. The van der Waals surface area contributed by atoms with Crippen molar-refractivity contribution in [3.05, 3.63) is 46.7 Å². The van der Waals surface area contributed by atoms with Crippen molar-refractivity contribution in [3.63, 3.8) is 0 Å². The van der Waals surface area contributed by atoms with E-state index in [1.54, 1.807) is 24.4 Å². The van der Waals surface area contributed by atoms with E-state index in [-0.39, 0.29) is 6.04 Å². The van der Waals surface area contributed by atoms with Crippen LogP contribution in [0.25, 0.3) is 0 Å². The summed E-state index contributed by atoms with van der Waals surface area (Å²) >= 11 is 5.96. The minimum Gasteiger partial charge on any atom is -0.465 e. The molecule has 0 aliphatic carbocycles. The van der Waals surface area contributed by atoms with E-state index in [2.05, 4.69) is 15.5 Å². The van der Waals surface area contributed by atoms with Crippen LogP contribution in [0.15, 0.2) is 30.5 Å². The monoisotopic (exact) mass is 279 g/mol. The van der Waals surface area contributed by atoms with E-state index in [0.29, 0.717) is 16.3 Å². The third-order valence-electron chi connectivity index (χ3n) is 2.75. The fraction of sp³-hybridized carbons (Fsp3) is 0.231. The number of anilines is 1. The standard InChI is InChI=1S/C13H14ClN3O2/c1-8(11-5-6-15-17-11)16-12-7-9(14)3-4-10(12)13(18)19-2/h3-8,16H,1-2H3,(H,15,17). The number of rotatable bonds is 4. The van der Waals surface area contributed by atoms with Gasteiger partial charge in [0, 0.05) is 11.2 Å². The number of hydrogen-bond donors (Lipinski definition) is 2. The maximum absolute atomic E-state index is 11.7. The van der Waals surface area contributed by atoms with Crippen LogP contribution >= 0.6 is 11.6 Å². The van der Waals surface area contributed by atoms with Gasteiger partial charge in [-0.1, -0.05) is 11.6 Å². The Labute approximate surface area is 115 Å². The average Bonchev–Trinajstić information content (AvgIpc) is 2.92. The zero-order valence-electron chi connectivity index (χ0n) is 10.6. The van der Waals surface area contributed by atoms with Crippen LogP contribution < -0.4 is 5.32 Å². The molecule has 2 rings (SSSR count). The molecule has 0 spiro atoms. The number of hydrogen-bond acceptors (Lipinski definition) is 4. The van der Waals surface area contributed by atoms with E-state index in [4.69, 9.17) is 16.3 Å². The molecule has 0 radical (unpaired) electrons. The highest BCUT2D eigenvalue weighted by atomic mass is 35.5. The first-order valence-electron chi connectivity index (χ1n) is 5.75. The van der Waals surface area contributed by atoms with Crippen molar-refractivity contribution in [1.82, 2.24) is 10.2 Å². The Hall–Kier alpha value is -2.01. The van der Waals surface area contributed by atoms with E-state index in [1.807, 2.05) is 13.0 Å². The van der Waals surface area contributed by atoms with E-state index in [0.717, 1.165) is 5.69 Å². The Kier molecular flexibility index (Phi) is 4.06. The number of carbonyl (C=O) groups excluding carboxylic acids is 1. The molecule has 2 N–H and O–H groups in total. The molecule has 100 valence electrons. The number of esters is 1. The van der Waals surface area contributed by atoms with Crippen molar-refractivity contribution in [2.24, 2.45) is 0 Å². The molecule has 19 heavy (non-hydrogen) atoms. The van der Waals surface area contributed by atoms with Crippen LogP contribution in [0.1, 0.15) is 29.0 Å². The minimum atomic E-state index is -0.407. The summed E-state index contributed by atoms with van der Waals surface area (Å²) in [7, 11) is 1.35. The summed E-state index contributed by atoms with van der Waals surface area (Å²) in [5.41, 5.74) is 1.98. The lowest BCUT2D eigenvalue weighted by atomic mass is 10.1. The van der Waals surface area contributed by atoms with Crippen molar-refractivity contribution < 1.29 is 9.53 Å². The summed E-state index contributed by atoms with van der Waals surface area (Å²) in [6.45, 7) is 1.95. The third-order valence-corrected chi connectivity index (χ3v) is 2.98. The largest absolute Gasteiger partial charge is 0.465 e. The first-order valence-corrected chi connectivity index (χ1v) is 6.13. The van der Waals surface area contributed by atoms with Gasteiger partial charge in [0.15, 0.2) is 0 Å². The van der Waals surface area contributed by atoms with Gasteiger partial charge in [-0.25, -0.2) is 4.79 Å². The van der Waals surface area contributed by atoms with E-state index in [1.165, 1.54) is 7.11 Å². The van der Waals surface area contributed by atoms with Crippen LogP contribution in [0.3, 0.4) is 0 Å². The molecule has 5 nitrogen and oxygen atoms in total. The normalized spacial score (nSPS) is 11.9. The van der Waals surface area contributed by atoms with Crippen LogP contribution in [-0.2, 0) is 4.74 Å². The van der Waals surface area contributed by atoms with Crippen LogP contribution in [0, 0.1) is 0 Å². The van der Waals surface area contributed by atoms with Crippen LogP contribution in [-0.4, -0.2) is 23.3 Å². The number of halogens is 1. The molecule has 6 heteroatoms. The van der Waals surface area contributed by atoms with Gasteiger partial charge >= 0.3 is 5.97 Å². The molecule has 0 aliphatic rings. The summed E-state index contributed by atoms with van der Waals surface area (Å²) in [5, 5.41) is 10.5. The Morgan fingerprint density at radius 3 is 2.89 bits per heavy atom. The molecular weight excluding hydrogens is 266 g/mol. The van der Waals surface area contributed by atoms with Crippen molar-refractivity contribution in [2.45, 2.75) is 13.0 Å². The highest BCUT2D eigenvalue weighted by molar-refractivity contribution is 6.31. The van der Waals surface area contributed by atoms with E-state index in [9.17, 15) is 4.79 Å². The summed E-state index contributed by atoms with van der Waals surface area (Å²) in [5.74, 6) is -0.407. The molecule has 0 aliphatic heterocycles. The van der Waals surface area contributed by atoms with Gasteiger partial charge < -0.3 is 10.1 Å². The lowest BCUT2D eigenvalue weighted by molar-refractivity contribution is 0.0602. The predicted molar refractivity (Wildman–Crippen MR) is 73.4 cm³/mol. The summed E-state index contributed by atoms with van der Waals surface area (Å²) in [4.78, 5) is 11.7. The Bertz CT molecular complexity index is 569. The molecule has 1 heterocycles. The molecule has 0 saturated carbocycles. The Morgan fingerprint density at radius 1 is 1.47 bits per heavy atom. The van der Waals surface area contributed by atoms with Crippen LogP contribution in [0.4, 0.5) is 5.69 Å². The number of nitrogens with zero attached hydrogens (tertiary/aromatic N) is 1. The second-order valence-electron chi connectivity index (χ2n) is 4.06. The highest BCUT2D eigenvalue weighted by Gasteiger charge is 2.15. The first-order chi connectivity index (χ1) is 9.11. The smallest absolute Gasteiger partial charge is 0.339 e. The molecule has 0 saturated heterocycles. The molecule has 0 amide bonds. The second-order valence-corrected chi connectivity index (χ2v) is 4.50. The summed E-state index contributed by atoms with van der Waals surface area (Å²) in [6.07, 6.45) is 1.67. The van der Waals surface area contributed by atoms with Gasteiger partial charge in [0.2, 0.25) is 0 Å². The number of carbonyl (C=O) groups is 1. The number of nitrogens with one attached hydrogen (secondary N) is 2. The molecule has 1 unspecified atom stereocenters. The van der Waals surface area contributed by atoms with E-state index >= 15 is 0 Å². The lowest BCUT2D eigenvalue weighted by Crippen LogP contribution is -2.12. The summed E-state index contributed by atoms with van der Waals surface area (Å²) in [6, 6.07) is 6.81. The maximum Gasteiger partial charge on any atom is 0.339 e. The topological polar surface area (TPSA) is 67.0 Å². The van der Waals surface area contributed by atoms with Gasteiger partial charge in [-0.3, -0.25) is 5.10 Å². The molecule has 2 aromatic rings. The predicted octanol–water partition coefficient (Wildman–Crippen LogP) is 3.02. The van der Waals surface area contributed by atoms with Gasteiger partial charge in [-0.05, 0) is 31.2 Å². The van der Waals surface area contributed by atoms with Gasteiger partial charge in [0.25, 0.3) is 0 Å². The number of H-pyrrole nitrogens is 1. The SMILES string of the molecule is COC(=O)c1ccc(Cl)cc1NC(C)c1ccn[nH]1. The molecule has 0 bridgehead atoms. The zero-order valence-corrected chi connectivity index (χ0v) is 11.4. The van der Waals surface area contributed by atoms with E-state index < -0.39 is 5.97 Å². The average molecular weight is 280 g/mol. The van der Waals surface area contributed by atoms with Gasteiger partial charge in [0.1, 0.15) is 0 Å². The van der Waals surface area contributed by atoms with Gasteiger partial charge in [-0.2, -0.15) is 5.10 Å². The second kappa shape index (κ2) is 5.75. The van der Waals surface area contributed by atoms with Crippen LogP contribution in [0.2, 0.25) is 5.02 Å². The summed E-state index contributed by atoms with van der Waals surface area (Å²) < 4.78 is 4.75. The molecule has 0 fully saturated rings. The van der Waals surface area contributed by atoms with Crippen LogP contribution in [0.5, 0.6) is 0 Å². The Balaban J connectivity index is 2.28. The lowest BCUT2D eigenvalue weighted by Gasteiger charge is -2.16. The number of methoxy groups -OCH3 is 1. The molecule has 1 aromatic carbocycles. The van der Waals surface area contributed by atoms with Crippen molar-refractivity contribution >= 4 is 23.3 Å². The third kappa shape index (κ3) is 3.06. The first kappa shape index (κ1) is 13.4. The molecule has 1 aromatic heterocycles.